The number of aromatic hydroxyl groups is 1. The van der Waals surface area contributed by atoms with Crippen LogP contribution in [0.15, 0.2) is 18.2 Å². The van der Waals surface area contributed by atoms with Gasteiger partial charge in [0, 0.05) is 28.8 Å². The zero-order valence-electron chi connectivity index (χ0n) is 13.8. The molecule has 2 bridgehead atoms. The molecule has 3 heteroatoms. The third kappa shape index (κ3) is 1.92. The molecule has 0 saturated heterocycles. The second-order valence-electron chi connectivity index (χ2n) is 7.04. The molecule has 0 aromatic heterocycles. The van der Waals surface area contributed by atoms with Crippen molar-refractivity contribution in [3.05, 3.63) is 34.9 Å². The first-order valence-corrected chi connectivity index (χ1v) is 8.51. The summed E-state index contributed by atoms with van der Waals surface area (Å²) in [5, 5.41) is 12.7. The molecule has 1 N–H and O–H groups in total. The molecule has 0 aliphatic heterocycles. The molecule has 1 fully saturated rings. The largest absolute Gasteiger partial charge is 0.507 e. The first-order valence-electron chi connectivity index (χ1n) is 8.51. The summed E-state index contributed by atoms with van der Waals surface area (Å²) in [7, 11) is 0. The fourth-order valence-electron chi connectivity index (χ4n) is 4.81. The van der Waals surface area contributed by atoms with Gasteiger partial charge in [0.2, 0.25) is 0 Å². The standard InChI is InChI=1S/C20H22O3/c1-4-12-6-5-7-14-16(12)20(23-11(3)21)17-13-8-10(2)15(9-13)18(17)19(14)22/h5-7,10,13,15,22H,4,8-9H2,1-3H3. The number of hydrogen-bond donors (Lipinski definition) is 1. The maximum absolute atomic E-state index is 11.7. The van der Waals surface area contributed by atoms with E-state index in [0.29, 0.717) is 29.3 Å². The van der Waals surface area contributed by atoms with Gasteiger partial charge in [0.1, 0.15) is 11.5 Å². The van der Waals surface area contributed by atoms with Crippen LogP contribution in [0, 0.1) is 5.92 Å². The molecule has 2 aromatic carbocycles. The monoisotopic (exact) mass is 310 g/mol. The topological polar surface area (TPSA) is 46.5 Å². The lowest BCUT2D eigenvalue weighted by Crippen LogP contribution is -2.12. The van der Waals surface area contributed by atoms with Crippen molar-refractivity contribution in [1.82, 2.24) is 0 Å². The van der Waals surface area contributed by atoms with Gasteiger partial charge in [0.15, 0.2) is 0 Å². The number of carbonyl (C=O) groups excluding carboxylic acids is 1. The number of fused-ring (bicyclic) bond motifs is 6. The number of hydrogen-bond acceptors (Lipinski definition) is 3. The Morgan fingerprint density at radius 2 is 2.09 bits per heavy atom. The number of phenols is 1. The van der Waals surface area contributed by atoms with Crippen molar-refractivity contribution in [2.75, 3.05) is 0 Å². The van der Waals surface area contributed by atoms with Gasteiger partial charge in [-0.25, -0.2) is 0 Å². The summed E-state index contributed by atoms with van der Waals surface area (Å²) in [5.41, 5.74) is 3.24. The molecule has 4 rings (SSSR count). The number of esters is 1. The van der Waals surface area contributed by atoms with E-state index in [2.05, 4.69) is 19.9 Å². The highest BCUT2D eigenvalue weighted by Gasteiger charge is 2.46. The number of benzene rings is 2. The van der Waals surface area contributed by atoms with Crippen molar-refractivity contribution in [3.63, 3.8) is 0 Å². The minimum absolute atomic E-state index is 0.291. The van der Waals surface area contributed by atoms with Gasteiger partial charge in [-0.05, 0) is 42.6 Å². The molecule has 2 aliphatic carbocycles. The van der Waals surface area contributed by atoms with E-state index in [1.54, 1.807) is 0 Å². The van der Waals surface area contributed by atoms with E-state index < -0.39 is 0 Å². The molecule has 3 unspecified atom stereocenters. The summed E-state index contributed by atoms with van der Waals surface area (Å²) in [6.45, 7) is 5.80. The van der Waals surface area contributed by atoms with Crippen molar-refractivity contribution < 1.29 is 14.6 Å². The van der Waals surface area contributed by atoms with Crippen LogP contribution < -0.4 is 4.74 Å². The average molecular weight is 310 g/mol. The third-order valence-electron chi connectivity index (χ3n) is 5.71. The maximum atomic E-state index is 11.7. The Morgan fingerprint density at radius 1 is 1.30 bits per heavy atom. The molecule has 3 nitrogen and oxygen atoms in total. The van der Waals surface area contributed by atoms with Crippen LogP contribution in [0.5, 0.6) is 11.5 Å². The Bertz CT molecular complexity index is 821. The third-order valence-corrected chi connectivity index (χ3v) is 5.71. The highest BCUT2D eigenvalue weighted by atomic mass is 16.5. The summed E-state index contributed by atoms with van der Waals surface area (Å²) in [5.74, 6) is 2.19. The van der Waals surface area contributed by atoms with E-state index in [0.717, 1.165) is 46.7 Å². The van der Waals surface area contributed by atoms with E-state index in [4.69, 9.17) is 4.74 Å². The Morgan fingerprint density at radius 3 is 2.78 bits per heavy atom. The Balaban J connectivity index is 2.12. The fourth-order valence-corrected chi connectivity index (χ4v) is 4.81. The lowest BCUT2D eigenvalue weighted by atomic mass is 9.81. The molecule has 2 aromatic rings. The number of aryl methyl sites for hydroxylation is 1. The van der Waals surface area contributed by atoms with Gasteiger partial charge in [-0.2, -0.15) is 0 Å². The zero-order chi connectivity index (χ0) is 16.3. The Labute approximate surface area is 136 Å². The van der Waals surface area contributed by atoms with Crippen LogP contribution in [0.1, 0.15) is 62.1 Å². The van der Waals surface area contributed by atoms with Crippen molar-refractivity contribution in [1.29, 1.82) is 0 Å². The molecular formula is C20H22O3. The van der Waals surface area contributed by atoms with Gasteiger partial charge in [-0.15, -0.1) is 0 Å². The van der Waals surface area contributed by atoms with Crippen LogP contribution in [0.4, 0.5) is 0 Å². The van der Waals surface area contributed by atoms with E-state index >= 15 is 0 Å². The lowest BCUT2D eigenvalue weighted by molar-refractivity contribution is -0.131. The highest BCUT2D eigenvalue weighted by molar-refractivity contribution is 6.00. The number of ether oxygens (including phenoxy) is 1. The summed E-state index contributed by atoms with van der Waals surface area (Å²) in [4.78, 5) is 11.7. The molecule has 0 amide bonds. The fraction of sp³-hybridized carbons (Fsp3) is 0.450. The predicted octanol–water partition coefficient (Wildman–Crippen LogP) is 4.64. The molecule has 0 spiro atoms. The summed E-state index contributed by atoms with van der Waals surface area (Å²) >= 11 is 0. The predicted molar refractivity (Wildman–Crippen MR) is 90.2 cm³/mol. The van der Waals surface area contributed by atoms with E-state index in [1.165, 1.54) is 6.92 Å². The van der Waals surface area contributed by atoms with Gasteiger partial charge < -0.3 is 9.84 Å². The summed E-state index contributed by atoms with van der Waals surface area (Å²) in [6.07, 6.45) is 3.02. The number of phenolic OH excluding ortho intramolecular Hbond substituents is 1. The molecular weight excluding hydrogens is 288 g/mol. The van der Waals surface area contributed by atoms with Gasteiger partial charge in [0.25, 0.3) is 0 Å². The number of rotatable bonds is 2. The quantitative estimate of drug-likeness (QED) is 0.649. The van der Waals surface area contributed by atoms with Crippen molar-refractivity contribution in [2.24, 2.45) is 5.92 Å². The minimum Gasteiger partial charge on any atom is -0.507 e. The second kappa shape index (κ2) is 4.98. The Kier molecular flexibility index (Phi) is 3.15. The lowest BCUT2D eigenvalue weighted by Gasteiger charge is -2.26. The molecule has 23 heavy (non-hydrogen) atoms. The van der Waals surface area contributed by atoms with E-state index in [-0.39, 0.29) is 5.97 Å². The first kappa shape index (κ1) is 14.6. The molecule has 0 radical (unpaired) electrons. The smallest absolute Gasteiger partial charge is 0.308 e. The molecule has 120 valence electrons. The van der Waals surface area contributed by atoms with Gasteiger partial charge in [0.05, 0.1) is 0 Å². The summed E-state index contributed by atoms with van der Waals surface area (Å²) in [6, 6.07) is 5.96. The van der Waals surface area contributed by atoms with Crippen LogP contribution in [0.2, 0.25) is 0 Å². The van der Waals surface area contributed by atoms with E-state index in [9.17, 15) is 9.90 Å². The average Bonchev–Trinajstić information content (AvgIpc) is 3.07. The summed E-state index contributed by atoms with van der Waals surface area (Å²) < 4.78 is 5.71. The molecule has 0 heterocycles. The van der Waals surface area contributed by atoms with Crippen LogP contribution >= 0.6 is 0 Å². The zero-order valence-corrected chi connectivity index (χ0v) is 13.8. The van der Waals surface area contributed by atoms with Crippen LogP contribution in [-0.4, -0.2) is 11.1 Å². The van der Waals surface area contributed by atoms with Crippen LogP contribution in [0.25, 0.3) is 10.8 Å². The van der Waals surface area contributed by atoms with Crippen LogP contribution in [-0.2, 0) is 11.2 Å². The second-order valence-corrected chi connectivity index (χ2v) is 7.04. The number of carbonyl (C=O) groups is 1. The van der Waals surface area contributed by atoms with Gasteiger partial charge in [-0.3, -0.25) is 4.79 Å². The van der Waals surface area contributed by atoms with Crippen molar-refractivity contribution in [3.8, 4) is 11.5 Å². The molecule has 2 aliphatic rings. The SMILES string of the molecule is CCc1cccc2c(O)c3c(c(OC(C)=O)c12)C1CC(C)C3C1. The normalized spacial score (nSPS) is 24.9. The van der Waals surface area contributed by atoms with Gasteiger partial charge >= 0.3 is 5.97 Å². The van der Waals surface area contributed by atoms with Gasteiger partial charge in [-0.1, -0.05) is 32.0 Å². The minimum atomic E-state index is -0.291. The molecule has 3 atom stereocenters. The van der Waals surface area contributed by atoms with Crippen LogP contribution in [0.3, 0.4) is 0 Å². The maximum Gasteiger partial charge on any atom is 0.308 e. The van der Waals surface area contributed by atoms with Crippen molar-refractivity contribution >= 4 is 16.7 Å². The first-order chi connectivity index (χ1) is 11.0. The highest BCUT2D eigenvalue weighted by Crippen LogP contribution is 2.63. The van der Waals surface area contributed by atoms with Crippen molar-refractivity contribution in [2.45, 2.75) is 51.9 Å². The Hall–Kier alpha value is -2.03. The van der Waals surface area contributed by atoms with E-state index in [1.807, 2.05) is 12.1 Å². The molecule has 1 saturated carbocycles.